The van der Waals surface area contributed by atoms with Crippen LogP contribution in [0.3, 0.4) is 0 Å². The van der Waals surface area contributed by atoms with Gasteiger partial charge in [-0.3, -0.25) is 0 Å². The molecule has 0 heterocycles. The number of benzene rings is 1. The lowest BCUT2D eigenvalue weighted by Gasteiger charge is -2.23. The van der Waals surface area contributed by atoms with Gasteiger partial charge < -0.3 is 14.7 Å². The Kier molecular flexibility index (Phi) is 2.92. The molecule has 3 rings (SSSR count). The average Bonchev–Trinajstić information content (AvgIpc) is 2.99. The van der Waals surface area contributed by atoms with Crippen LogP contribution in [-0.4, -0.2) is 19.4 Å². The van der Waals surface area contributed by atoms with Crippen LogP contribution in [0.1, 0.15) is 47.8 Å². The molecule has 1 aromatic rings. The number of hydroxylamine groups is 1. The van der Waals surface area contributed by atoms with Crippen molar-refractivity contribution >= 4 is 0 Å². The summed E-state index contributed by atoms with van der Waals surface area (Å²) in [6.07, 6.45) is 3.72. The van der Waals surface area contributed by atoms with Crippen LogP contribution in [-0.2, 0) is 6.54 Å². The molecule has 4 heteroatoms. The van der Waals surface area contributed by atoms with Gasteiger partial charge in [0, 0.05) is 23.2 Å². The molecule has 2 bridgehead atoms. The molecule has 2 aliphatic carbocycles. The highest BCUT2D eigenvalue weighted by Gasteiger charge is 2.42. The minimum Gasteiger partial charge on any atom is -0.496 e. The van der Waals surface area contributed by atoms with Crippen molar-refractivity contribution in [2.24, 2.45) is 0 Å². The highest BCUT2D eigenvalue weighted by atomic mass is 16.5. The van der Waals surface area contributed by atoms with Gasteiger partial charge in [0.05, 0.1) is 14.2 Å². The van der Waals surface area contributed by atoms with Crippen LogP contribution in [0.5, 0.6) is 11.5 Å². The van der Waals surface area contributed by atoms with Gasteiger partial charge in [-0.1, -0.05) is 0 Å². The van der Waals surface area contributed by atoms with E-state index in [4.69, 9.17) is 14.7 Å². The molecule has 18 heavy (non-hydrogen) atoms. The zero-order chi connectivity index (χ0) is 12.7. The fourth-order valence-electron chi connectivity index (χ4n) is 3.69. The lowest BCUT2D eigenvalue weighted by molar-refractivity contribution is 0.160. The molecule has 2 unspecified atom stereocenters. The molecule has 2 atom stereocenters. The molecule has 0 radical (unpaired) electrons. The largest absolute Gasteiger partial charge is 0.496 e. The first-order valence-electron chi connectivity index (χ1n) is 6.44. The summed E-state index contributed by atoms with van der Waals surface area (Å²) in [7, 11) is 3.42. The van der Waals surface area contributed by atoms with E-state index in [-0.39, 0.29) is 0 Å². The second kappa shape index (κ2) is 4.44. The molecule has 2 aliphatic rings. The Bertz CT molecular complexity index is 473. The van der Waals surface area contributed by atoms with Crippen LogP contribution in [0.4, 0.5) is 0 Å². The normalized spacial score (nSPS) is 24.2. The third-order valence-corrected chi connectivity index (χ3v) is 4.34. The van der Waals surface area contributed by atoms with Gasteiger partial charge >= 0.3 is 0 Å². The summed E-state index contributed by atoms with van der Waals surface area (Å²) < 4.78 is 11.1. The fourth-order valence-corrected chi connectivity index (χ4v) is 3.69. The van der Waals surface area contributed by atoms with Crippen molar-refractivity contribution < 1.29 is 14.7 Å². The van der Waals surface area contributed by atoms with Crippen LogP contribution in [0, 0.1) is 0 Å². The molecular formula is C14H19NO3. The van der Waals surface area contributed by atoms with Gasteiger partial charge in [0.15, 0.2) is 0 Å². The number of nitrogens with one attached hydrogen (secondary N) is 1. The smallest absolute Gasteiger partial charge is 0.127 e. The van der Waals surface area contributed by atoms with E-state index in [1.807, 2.05) is 6.07 Å². The number of ether oxygens (including phenoxy) is 2. The molecule has 1 fully saturated rings. The van der Waals surface area contributed by atoms with Crippen molar-refractivity contribution in [2.75, 3.05) is 14.2 Å². The van der Waals surface area contributed by atoms with Gasteiger partial charge in [0.25, 0.3) is 0 Å². The molecule has 0 amide bonds. The Balaban J connectivity index is 2.19. The van der Waals surface area contributed by atoms with E-state index < -0.39 is 0 Å². The first-order chi connectivity index (χ1) is 8.80. The van der Waals surface area contributed by atoms with Crippen LogP contribution >= 0.6 is 0 Å². The Morgan fingerprint density at radius 1 is 1.22 bits per heavy atom. The lowest BCUT2D eigenvalue weighted by Crippen LogP contribution is -2.11. The maximum absolute atomic E-state index is 8.94. The van der Waals surface area contributed by atoms with E-state index in [0.29, 0.717) is 18.4 Å². The van der Waals surface area contributed by atoms with E-state index in [1.54, 1.807) is 14.2 Å². The summed E-state index contributed by atoms with van der Waals surface area (Å²) >= 11 is 0. The standard InChI is InChI=1S/C14H19NO3/c1-17-11-6-10(7-15-16)14(18-2)13-9-4-3-8(5-9)12(11)13/h6,8-9,15-16H,3-5,7H2,1-2H3. The minimum absolute atomic E-state index is 0.379. The number of rotatable bonds is 4. The summed E-state index contributed by atoms with van der Waals surface area (Å²) in [5.74, 6) is 3.11. The van der Waals surface area contributed by atoms with Crippen molar-refractivity contribution in [1.29, 1.82) is 0 Å². The van der Waals surface area contributed by atoms with Crippen molar-refractivity contribution in [3.63, 3.8) is 0 Å². The van der Waals surface area contributed by atoms with Gasteiger partial charge in [0.2, 0.25) is 0 Å². The summed E-state index contributed by atoms with van der Waals surface area (Å²) in [6, 6.07) is 1.99. The SMILES string of the molecule is COc1cc(CNO)c(OC)c2c1C1CCC2C1. The van der Waals surface area contributed by atoms with Gasteiger partial charge in [0.1, 0.15) is 11.5 Å². The molecular weight excluding hydrogens is 230 g/mol. The average molecular weight is 249 g/mol. The van der Waals surface area contributed by atoms with Crippen molar-refractivity contribution in [3.8, 4) is 11.5 Å². The van der Waals surface area contributed by atoms with Gasteiger partial charge in [-0.2, -0.15) is 0 Å². The quantitative estimate of drug-likeness (QED) is 0.805. The molecule has 0 spiro atoms. The molecule has 0 aliphatic heterocycles. The monoisotopic (exact) mass is 249 g/mol. The Hall–Kier alpha value is -1.26. The van der Waals surface area contributed by atoms with E-state index >= 15 is 0 Å². The molecule has 98 valence electrons. The Labute approximate surface area is 107 Å². The van der Waals surface area contributed by atoms with E-state index in [9.17, 15) is 0 Å². The fraction of sp³-hybridized carbons (Fsp3) is 0.571. The molecule has 0 saturated heterocycles. The highest BCUT2D eigenvalue weighted by molar-refractivity contribution is 5.60. The summed E-state index contributed by atoms with van der Waals surface area (Å²) in [5, 5.41) is 8.94. The van der Waals surface area contributed by atoms with Gasteiger partial charge in [-0.05, 0) is 37.2 Å². The van der Waals surface area contributed by atoms with Crippen LogP contribution < -0.4 is 15.0 Å². The van der Waals surface area contributed by atoms with Crippen molar-refractivity contribution in [3.05, 3.63) is 22.8 Å². The Morgan fingerprint density at radius 3 is 2.56 bits per heavy atom. The number of hydrogen-bond acceptors (Lipinski definition) is 4. The predicted octanol–water partition coefficient (Wildman–Crippen LogP) is 2.55. The topological polar surface area (TPSA) is 50.7 Å². The maximum Gasteiger partial charge on any atom is 0.127 e. The third-order valence-electron chi connectivity index (χ3n) is 4.34. The minimum atomic E-state index is 0.379. The highest BCUT2D eigenvalue weighted by Crippen LogP contribution is 2.59. The van der Waals surface area contributed by atoms with E-state index in [2.05, 4.69) is 5.48 Å². The number of methoxy groups -OCH3 is 2. The number of hydrogen-bond donors (Lipinski definition) is 2. The third kappa shape index (κ3) is 1.52. The zero-order valence-corrected chi connectivity index (χ0v) is 10.8. The summed E-state index contributed by atoms with van der Waals surface area (Å²) in [6.45, 7) is 0.379. The lowest BCUT2D eigenvalue weighted by atomic mass is 9.88. The predicted molar refractivity (Wildman–Crippen MR) is 67.5 cm³/mol. The first kappa shape index (κ1) is 11.8. The molecule has 1 saturated carbocycles. The second-order valence-electron chi connectivity index (χ2n) is 5.14. The maximum atomic E-state index is 8.94. The summed E-state index contributed by atoms with van der Waals surface area (Å²) in [5.41, 5.74) is 5.83. The molecule has 1 aromatic carbocycles. The summed E-state index contributed by atoms with van der Waals surface area (Å²) in [4.78, 5) is 0. The van der Waals surface area contributed by atoms with Gasteiger partial charge in [-0.25, -0.2) is 5.48 Å². The Morgan fingerprint density at radius 2 is 1.94 bits per heavy atom. The van der Waals surface area contributed by atoms with Crippen LogP contribution in [0.15, 0.2) is 6.07 Å². The van der Waals surface area contributed by atoms with Crippen LogP contribution in [0.2, 0.25) is 0 Å². The van der Waals surface area contributed by atoms with E-state index in [1.165, 1.54) is 30.4 Å². The second-order valence-corrected chi connectivity index (χ2v) is 5.14. The molecule has 4 nitrogen and oxygen atoms in total. The number of fused-ring (bicyclic) bond motifs is 5. The first-order valence-corrected chi connectivity index (χ1v) is 6.44. The van der Waals surface area contributed by atoms with E-state index in [0.717, 1.165) is 17.1 Å². The zero-order valence-electron chi connectivity index (χ0n) is 10.8. The van der Waals surface area contributed by atoms with Crippen molar-refractivity contribution in [2.45, 2.75) is 37.6 Å². The van der Waals surface area contributed by atoms with Crippen LogP contribution in [0.25, 0.3) is 0 Å². The molecule has 0 aromatic heterocycles. The van der Waals surface area contributed by atoms with Gasteiger partial charge in [-0.15, -0.1) is 0 Å². The van der Waals surface area contributed by atoms with Crippen molar-refractivity contribution in [1.82, 2.24) is 5.48 Å². The molecule has 2 N–H and O–H groups in total.